The van der Waals surface area contributed by atoms with Gasteiger partial charge in [0.1, 0.15) is 11.8 Å². The van der Waals surface area contributed by atoms with E-state index < -0.39 is 11.9 Å². The van der Waals surface area contributed by atoms with Crippen molar-refractivity contribution in [1.29, 1.82) is 0 Å². The maximum Gasteiger partial charge on any atom is 0.261 e. The van der Waals surface area contributed by atoms with E-state index in [1.165, 1.54) is 17.0 Å². The molecular formula is C25H31FN2O4. The first-order chi connectivity index (χ1) is 15.5. The minimum atomic E-state index is -0.644. The van der Waals surface area contributed by atoms with Gasteiger partial charge in [0.2, 0.25) is 5.91 Å². The number of methoxy groups -OCH3 is 1. The fraction of sp³-hybridized carbons (Fsp3) is 0.440. The number of nitrogens with one attached hydrogen (secondary N) is 1. The third-order valence-corrected chi connectivity index (χ3v) is 5.79. The molecule has 3 rings (SSSR count). The second kappa shape index (κ2) is 11.5. The van der Waals surface area contributed by atoms with Crippen molar-refractivity contribution < 1.29 is 23.5 Å². The van der Waals surface area contributed by atoms with E-state index in [-0.39, 0.29) is 36.8 Å². The molecule has 6 nitrogen and oxygen atoms in total. The molecular weight excluding hydrogens is 411 g/mol. The van der Waals surface area contributed by atoms with Crippen LogP contribution in [-0.4, -0.2) is 42.5 Å². The summed E-state index contributed by atoms with van der Waals surface area (Å²) in [6.45, 7) is 1.76. The minimum absolute atomic E-state index is 0.00806. The number of carbonyl (C=O) groups is 2. The Hall–Kier alpha value is -3.09. The molecule has 172 valence electrons. The van der Waals surface area contributed by atoms with Crippen LogP contribution in [0.4, 0.5) is 4.39 Å². The van der Waals surface area contributed by atoms with Gasteiger partial charge < -0.3 is 19.7 Å². The quantitative estimate of drug-likeness (QED) is 0.602. The Labute approximate surface area is 188 Å². The van der Waals surface area contributed by atoms with Crippen LogP contribution in [0, 0.1) is 5.82 Å². The maximum atomic E-state index is 13.9. The molecule has 1 aliphatic rings. The molecule has 1 aliphatic carbocycles. The lowest BCUT2D eigenvalue weighted by molar-refractivity contribution is -0.143. The highest BCUT2D eigenvalue weighted by Crippen LogP contribution is 2.21. The number of amides is 2. The van der Waals surface area contributed by atoms with Crippen molar-refractivity contribution in [1.82, 2.24) is 10.2 Å². The normalized spacial score (nSPS) is 14.6. The zero-order valence-corrected chi connectivity index (χ0v) is 18.7. The Bertz CT molecular complexity index is 897. The van der Waals surface area contributed by atoms with Gasteiger partial charge in [0.05, 0.1) is 7.11 Å². The smallest absolute Gasteiger partial charge is 0.261 e. The van der Waals surface area contributed by atoms with Crippen molar-refractivity contribution in [3.05, 3.63) is 59.9 Å². The van der Waals surface area contributed by atoms with Crippen LogP contribution in [0.3, 0.4) is 0 Å². The van der Waals surface area contributed by atoms with Crippen LogP contribution in [0.15, 0.2) is 48.5 Å². The molecule has 7 heteroatoms. The van der Waals surface area contributed by atoms with Crippen LogP contribution < -0.4 is 14.8 Å². The summed E-state index contributed by atoms with van der Waals surface area (Å²) < 4.78 is 24.6. The van der Waals surface area contributed by atoms with Gasteiger partial charge in [-0.3, -0.25) is 9.59 Å². The van der Waals surface area contributed by atoms with Gasteiger partial charge in [-0.15, -0.1) is 0 Å². The predicted molar refractivity (Wildman–Crippen MR) is 120 cm³/mol. The van der Waals surface area contributed by atoms with Gasteiger partial charge in [0.15, 0.2) is 18.2 Å². The number of para-hydroxylation sites is 1. The Kier molecular flexibility index (Phi) is 8.48. The number of halogens is 1. The molecule has 0 radical (unpaired) electrons. The predicted octanol–water partition coefficient (Wildman–Crippen LogP) is 4.08. The summed E-state index contributed by atoms with van der Waals surface area (Å²) in [6.07, 6.45) is 4.59. The van der Waals surface area contributed by atoms with Crippen LogP contribution in [0.2, 0.25) is 0 Å². The van der Waals surface area contributed by atoms with Crippen molar-refractivity contribution >= 4 is 11.8 Å². The first-order valence-electron chi connectivity index (χ1n) is 11.1. The average Bonchev–Trinajstić information content (AvgIpc) is 3.31. The van der Waals surface area contributed by atoms with E-state index in [1.54, 1.807) is 19.2 Å². The summed E-state index contributed by atoms with van der Waals surface area (Å²) >= 11 is 0. The molecule has 0 heterocycles. The van der Waals surface area contributed by atoms with Crippen molar-refractivity contribution in [3.63, 3.8) is 0 Å². The fourth-order valence-corrected chi connectivity index (χ4v) is 4.00. The topological polar surface area (TPSA) is 67.9 Å². The van der Waals surface area contributed by atoms with Crippen LogP contribution in [-0.2, 0) is 16.1 Å². The number of hydrogen-bond donors (Lipinski definition) is 1. The maximum absolute atomic E-state index is 13.9. The summed E-state index contributed by atoms with van der Waals surface area (Å²) in [5, 5.41) is 3.10. The van der Waals surface area contributed by atoms with Gasteiger partial charge in [-0.2, -0.15) is 0 Å². The highest BCUT2D eigenvalue weighted by molar-refractivity contribution is 5.88. The van der Waals surface area contributed by atoms with E-state index >= 15 is 0 Å². The number of carbonyl (C=O) groups excluding carboxylic acids is 2. The molecule has 1 saturated carbocycles. The number of nitrogens with zero attached hydrogens (tertiary/aromatic N) is 1. The minimum Gasteiger partial charge on any atom is -0.497 e. The van der Waals surface area contributed by atoms with Crippen molar-refractivity contribution in [2.24, 2.45) is 0 Å². The number of benzene rings is 2. The van der Waals surface area contributed by atoms with E-state index in [9.17, 15) is 14.0 Å². The molecule has 32 heavy (non-hydrogen) atoms. The second-order valence-electron chi connectivity index (χ2n) is 8.00. The molecule has 1 atom stereocenters. The first-order valence-corrected chi connectivity index (χ1v) is 11.1. The molecule has 1 N–H and O–H groups in total. The second-order valence-corrected chi connectivity index (χ2v) is 8.00. The molecule has 2 amide bonds. The molecule has 0 spiro atoms. The van der Waals surface area contributed by atoms with Gasteiger partial charge in [0, 0.05) is 12.6 Å². The highest BCUT2D eigenvalue weighted by atomic mass is 19.1. The molecule has 0 bridgehead atoms. The van der Waals surface area contributed by atoms with Gasteiger partial charge >= 0.3 is 0 Å². The van der Waals surface area contributed by atoms with Gasteiger partial charge in [-0.25, -0.2) is 4.39 Å². The van der Waals surface area contributed by atoms with Crippen molar-refractivity contribution in [3.8, 4) is 11.5 Å². The van der Waals surface area contributed by atoms with Crippen LogP contribution in [0.5, 0.6) is 11.5 Å². The molecule has 0 aliphatic heterocycles. The third-order valence-electron chi connectivity index (χ3n) is 5.79. The van der Waals surface area contributed by atoms with E-state index in [4.69, 9.17) is 9.47 Å². The van der Waals surface area contributed by atoms with Crippen molar-refractivity contribution in [2.75, 3.05) is 13.7 Å². The van der Waals surface area contributed by atoms with Crippen LogP contribution >= 0.6 is 0 Å². The summed E-state index contributed by atoms with van der Waals surface area (Å²) in [7, 11) is 1.59. The summed E-state index contributed by atoms with van der Waals surface area (Å²) in [5.41, 5.74) is 0.858. The molecule has 0 aromatic heterocycles. The Morgan fingerprint density at radius 1 is 1.12 bits per heavy atom. The number of rotatable bonds is 10. The molecule has 0 unspecified atom stereocenters. The Balaban J connectivity index is 1.76. The fourth-order valence-electron chi connectivity index (χ4n) is 4.00. The third kappa shape index (κ3) is 6.22. The van der Waals surface area contributed by atoms with E-state index in [1.807, 2.05) is 31.2 Å². The van der Waals surface area contributed by atoms with E-state index in [0.29, 0.717) is 12.2 Å². The lowest BCUT2D eigenvalue weighted by atomic mass is 10.1. The molecule has 0 saturated heterocycles. The zero-order valence-electron chi connectivity index (χ0n) is 18.7. The summed E-state index contributed by atoms with van der Waals surface area (Å²) in [5.74, 6) is -0.355. The average molecular weight is 443 g/mol. The van der Waals surface area contributed by atoms with Crippen LogP contribution in [0.25, 0.3) is 0 Å². The molecule has 2 aromatic carbocycles. The SMILES string of the molecule is CC[C@H](C(=O)NC1CCCC1)N(Cc1ccc(OC)cc1)C(=O)COc1ccccc1F. The van der Waals surface area contributed by atoms with Gasteiger partial charge in [-0.05, 0) is 49.1 Å². The zero-order chi connectivity index (χ0) is 22.9. The standard InChI is InChI=1S/C25H31FN2O4/c1-3-22(25(30)27-19-8-4-5-9-19)28(16-18-12-14-20(31-2)15-13-18)24(29)17-32-23-11-7-6-10-21(23)26/h6-7,10-15,19,22H,3-5,8-9,16-17H2,1-2H3,(H,27,30)/t22-/m1/s1. The van der Waals surface area contributed by atoms with Gasteiger partial charge in [0.25, 0.3) is 5.91 Å². The van der Waals surface area contributed by atoms with Gasteiger partial charge in [-0.1, -0.05) is 44.0 Å². The number of hydrogen-bond acceptors (Lipinski definition) is 4. The summed E-state index contributed by atoms with van der Waals surface area (Å²) in [6, 6.07) is 12.8. The Morgan fingerprint density at radius 2 is 1.81 bits per heavy atom. The lowest BCUT2D eigenvalue weighted by Crippen LogP contribution is -2.52. The van der Waals surface area contributed by atoms with Crippen molar-refractivity contribution in [2.45, 2.75) is 57.7 Å². The lowest BCUT2D eigenvalue weighted by Gasteiger charge is -2.31. The highest BCUT2D eigenvalue weighted by Gasteiger charge is 2.31. The number of ether oxygens (including phenoxy) is 2. The molecule has 1 fully saturated rings. The summed E-state index contributed by atoms with van der Waals surface area (Å²) in [4.78, 5) is 27.8. The van der Waals surface area contributed by atoms with Crippen LogP contribution in [0.1, 0.15) is 44.6 Å². The first kappa shape index (κ1) is 23.6. The van der Waals surface area contributed by atoms with E-state index in [0.717, 1.165) is 31.2 Å². The Morgan fingerprint density at radius 3 is 2.44 bits per heavy atom. The molecule has 2 aromatic rings. The largest absolute Gasteiger partial charge is 0.497 e. The van der Waals surface area contributed by atoms with E-state index in [2.05, 4.69) is 5.32 Å². The monoisotopic (exact) mass is 442 g/mol.